The maximum Gasteiger partial charge on any atom is 0.508 e. The number of ether oxygens (including phenoxy) is 5. The summed E-state index contributed by atoms with van der Waals surface area (Å²) >= 11 is 0. The third kappa shape index (κ3) is 11.5. The molecule has 3 atom stereocenters. The predicted molar refractivity (Wildman–Crippen MR) is 131 cm³/mol. The molecule has 0 saturated carbocycles. The van der Waals surface area contributed by atoms with Crippen molar-refractivity contribution < 1.29 is 42.9 Å². The van der Waals surface area contributed by atoms with Crippen LogP contribution in [0.4, 0.5) is 4.79 Å². The molecule has 0 radical (unpaired) electrons. The fraction of sp³-hybridized carbons (Fsp3) is 0.615. The normalized spacial score (nSPS) is 13.5. The van der Waals surface area contributed by atoms with Crippen LogP contribution in [0.5, 0.6) is 11.5 Å². The van der Waals surface area contributed by atoms with Gasteiger partial charge in [-0.25, -0.2) is 4.79 Å². The summed E-state index contributed by atoms with van der Waals surface area (Å²) in [5.74, 6) is -1.28. The van der Waals surface area contributed by atoms with Crippen LogP contribution >= 0.6 is 0 Å². The SMILES string of the molecule is CCOC(=O)O[C@@H](C)[C@H](C)OC(=O)[C@@H](N)Cc1ccc(OC(=O)CC(C)C)c(OC(=O)CC(C)C)c1. The lowest BCUT2D eigenvalue weighted by Crippen LogP contribution is -2.39. The molecule has 0 heterocycles. The molecule has 0 saturated heterocycles. The van der Waals surface area contributed by atoms with Crippen molar-refractivity contribution in [3.05, 3.63) is 23.8 Å². The van der Waals surface area contributed by atoms with Gasteiger partial charge in [0.2, 0.25) is 0 Å². The van der Waals surface area contributed by atoms with E-state index in [-0.39, 0.29) is 49.2 Å². The van der Waals surface area contributed by atoms with Gasteiger partial charge in [-0.2, -0.15) is 0 Å². The fourth-order valence-electron chi connectivity index (χ4n) is 2.94. The Labute approximate surface area is 212 Å². The summed E-state index contributed by atoms with van der Waals surface area (Å²) < 4.78 is 25.9. The molecule has 0 aliphatic carbocycles. The second-order valence-corrected chi connectivity index (χ2v) is 9.38. The molecular weight excluding hydrogens is 470 g/mol. The summed E-state index contributed by atoms with van der Waals surface area (Å²) in [6.45, 7) is 12.5. The van der Waals surface area contributed by atoms with E-state index in [2.05, 4.69) is 0 Å². The molecule has 1 rings (SSSR count). The average molecular weight is 510 g/mol. The second-order valence-electron chi connectivity index (χ2n) is 9.38. The molecule has 0 aliphatic heterocycles. The molecule has 10 heteroatoms. The number of carbonyl (C=O) groups is 4. The van der Waals surface area contributed by atoms with E-state index in [0.717, 1.165) is 0 Å². The van der Waals surface area contributed by atoms with Crippen LogP contribution in [-0.4, -0.2) is 48.9 Å². The minimum atomic E-state index is -1.05. The quantitative estimate of drug-likeness (QED) is 0.307. The van der Waals surface area contributed by atoms with Crippen molar-refractivity contribution in [2.75, 3.05) is 6.61 Å². The van der Waals surface area contributed by atoms with Crippen LogP contribution in [0.3, 0.4) is 0 Å². The maximum atomic E-state index is 12.5. The number of esters is 3. The van der Waals surface area contributed by atoms with E-state index in [1.165, 1.54) is 12.1 Å². The summed E-state index contributed by atoms with van der Waals surface area (Å²) in [4.78, 5) is 48.4. The molecule has 0 amide bonds. The van der Waals surface area contributed by atoms with Gasteiger partial charge in [-0.05, 0) is 56.7 Å². The fourth-order valence-corrected chi connectivity index (χ4v) is 2.94. The van der Waals surface area contributed by atoms with Gasteiger partial charge in [-0.15, -0.1) is 0 Å². The predicted octanol–water partition coefficient (Wildman–Crippen LogP) is 3.95. The van der Waals surface area contributed by atoms with Crippen molar-refractivity contribution in [2.24, 2.45) is 17.6 Å². The molecule has 0 unspecified atom stereocenters. The van der Waals surface area contributed by atoms with E-state index in [1.54, 1.807) is 26.8 Å². The van der Waals surface area contributed by atoms with Crippen molar-refractivity contribution in [1.82, 2.24) is 0 Å². The molecule has 1 aromatic rings. The highest BCUT2D eigenvalue weighted by atomic mass is 16.7. The van der Waals surface area contributed by atoms with Crippen molar-refractivity contribution in [1.29, 1.82) is 0 Å². The van der Waals surface area contributed by atoms with Gasteiger partial charge in [0.1, 0.15) is 18.2 Å². The summed E-state index contributed by atoms with van der Waals surface area (Å²) in [6, 6.07) is 3.59. The zero-order valence-electron chi connectivity index (χ0n) is 22.2. The molecule has 202 valence electrons. The van der Waals surface area contributed by atoms with Gasteiger partial charge in [0, 0.05) is 12.8 Å². The molecule has 0 spiro atoms. The topological polar surface area (TPSA) is 140 Å². The molecular formula is C26H39NO9. The molecule has 2 N–H and O–H groups in total. The molecule has 36 heavy (non-hydrogen) atoms. The Morgan fingerprint density at radius 2 is 1.33 bits per heavy atom. The van der Waals surface area contributed by atoms with Crippen LogP contribution in [0.2, 0.25) is 0 Å². The summed E-state index contributed by atoms with van der Waals surface area (Å²) in [6.07, 6.45) is -1.91. The highest BCUT2D eigenvalue weighted by Crippen LogP contribution is 2.30. The van der Waals surface area contributed by atoms with E-state index in [9.17, 15) is 19.2 Å². The first-order valence-electron chi connectivity index (χ1n) is 12.2. The summed E-state index contributed by atoms with van der Waals surface area (Å²) in [5, 5.41) is 0. The van der Waals surface area contributed by atoms with Crippen LogP contribution in [0, 0.1) is 11.8 Å². The number of carbonyl (C=O) groups excluding carboxylic acids is 4. The minimum absolute atomic E-state index is 0.0631. The van der Waals surface area contributed by atoms with Crippen LogP contribution in [-0.2, 0) is 35.0 Å². The van der Waals surface area contributed by atoms with Crippen molar-refractivity contribution in [3.63, 3.8) is 0 Å². The largest absolute Gasteiger partial charge is 0.508 e. The van der Waals surface area contributed by atoms with Gasteiger partial charge in [0.15, 0.2) is 11.5 Å². The zero-order chi connectivity index (χ0) is 27.4. The van der Waals surface area contributed by atoms with E-state index in [4.69, 9.17) is 29.4 Å². The Morgan fingerprint density at radius 3 is 1.86 bits per heavy atom. The Kier molecular flexibility index (Phi) is 12.9. The number of hydrogen-bond donors (Lipinski definition) is 1. The van der Waals surface area contributed by atoms with E-state index >= 15 is 0 Å². The van der Waals surface area contributed by atoms with Gasteiger partial charge in [-0.3, -0.25) is 14.4 Å². The molecule has 10 nitrogen and oxygen atoms in total. The van der Waals surface area contributed by atoms with Crippen LogP contribution in [0.1, 0.15) is 66.9 Å². The molecule has 1 aromatic carbocycles. The third-order valence-corrected chi connectivity index (χ3v) is 4.87. The Balaban J connectivity index is 2.92. The minimum Gasteiger partial charge on any atom is -0.458 e. The standard InChI is InChI=1S/C26H39NO9/c1-8-32-26(31)34-18(7)17(6)33-25(30)20(27)13-19-9-10-21(35-23(28)11-15(2)3)22(14-19)36-24(29)12-16(4)5/h9-10,14-18,20H,8,11-13,27H2,1-7H3/t17-,18-,20-/m0/s1. The first-order valence-corrected chi connectivity index (χ1v) is 12.2. The number of nitrogens with two attached hydrogens (primary N) is 1. The maximum absolute atomic E-state index is 12.5. The highest BCUT2D eigenvalue weighted by molar-refractivity contribution is 5.77. The first-order chi connectivity index (χ1) is 16.8. The third-order valence-electron chi connectivity index (χ3n) is 4.87. The van der Waals surface area contributed by atoms with Gasteiger partial charge in [-0.1, -0.05) is 33.8 Å². The van der Waals surface area contributed by atoms with Gasteiger partial charge < -0.3 is 29.4 Å². The van der Waals surface area contributed by atoms with Gasteiger partial charge in [0.25, 0.3) is 0 Å². The molecule has 0 aromatic heterocycles. The smallest absolute Gasteiger partial charge is 0.458 e. The lowest BCUT2D eigenvalue weighted by Gasteiger charge is -2.22. The molecule has 0 fully saturated rings. The second kappa shape index (κ2) is 15.1. The average Bonchev–Trinajstić information content (AvgIpc) is 2.74. The number of hydrogen-bond acceptors (Lipinski definition) is 10. The highest BCUT2D eigenvalue weighted by Gasteiger charge is 2.25. The molecule has 0 bridgehead atoms. The van der Waals surface area contributed by atoms with Gasteiger partial charge in [0.05, 0.1) is 6.61 Å². The van der Waals surface area contributed by atoms with Crippen LogP contribution < -0.4 is 15.2 Å². The van der Waals surface area contributed by atoms with Crippen LogP contribution in [0.15, 0.2) is 18.2 Å². The monoisotopic (exact) mass is 509 g/mol. The van der Waals surface area contributed by atoms with Crippen molar-refractivity contribution in [2.45, 2.75) is 86.0 Å². The number of benzene rings is 1. The molecule has 0 aliphatic rings. The van der Waals surface area contributed by atoms with Gasteiger partial charge >= 0.3 is 24.1 Å². The Bertz CT molecular complexity index is 897. The lowest BCUT2D eigenvalue weighted by molar-refractivity contribution is -0.155. The van der Waals surface area contributed by atoms with E-state index in [1.807, 2.05) is 27.7 Å². The summed E-state index contributed by atoms with van der Waals surface area (Å²) in [5.41, 5.74) is 6.61. The number of rotatable bonds is 13. The van der Waals surface area contributed by atoms with E-state index in [0.29, 0.717) is 5.56 Å². The lowest BCUT2D eigenvalue weighted by atomic mass is 10.1. The Morgan fingerprint density at radius 1 is 0.806 bits per heavy atom. The Hall–Kier alpha value is -3.14. The summed E-state index contributed by atoms with van der Waals surface area (Å²) in [7, 11) is 0. The first kappa shape index (κ1) is 30.9. The van der Waals surface area contributed by atoms with Crippen LogP contribution in [0.25, 0.3) is 0 Å². The van der Waals surface area contributed by atoms with E-state index < -0.39 is 42.3 Å². The van der Waals surface area contributed by atoms with Crippen molar-refractivity contribution >= 4 is 24.1 Å². The zero-order valence-corrected chi connectivity index (χ0v) is 22.2. The van der Waals surface area contributed by atoms with Crippen molar-refractivity contribution in [3.8, 4) is 11.5 Å².